The van der Waals surface area contributed by atoms with Crippen molar-refractivity contribution < 1.29 is 14.3 Å². The normalized spacial score (nSPS) is 16.4. The summed E-state index contributed by atoms with van der Waals surface area (Å²) in [5.41, 5.74) is 7.14. The monoisotopic (exact) mass is 262 g/mol. The second-order valence-electron chi connectivity index (χ2n) is 4.70. The molecule has 1 aliphatic rings. The maximum Gasteiger partial charge on any atom is 0.229 e. The standard InChI is InChI=1S/C14H18N2O3/c1-19-12-7-10(6-11(15)8-12)9-16-13(17)4-2-3-5-14(16)18/h6-8H,2-5,9,15H2,1H3. The molecule has 102 valence electrons. The predicted octanol–water partition coefficient (Wildman–Crippen LogP) is 1.71. The molecule has 5 nitrogen and oxygen atoms in total. The minimum absolute atomic E-state index is 0.108. The van der Waals surface area contributed by atoms with Gasteiger partial charge in [0.15, 0.2) is 0 Å². The molecule has 19 heavy (non-hydrogen) atoms. The van der Waals surface area contributed by atoms with Crippen molar-refractivity contribution in [1.82, 2.24) is 4.90 Å². The van der Waals surface area contributed by atoms with Crippen LogP contribution in [0.25, 0.3) is 0 Å². The zero-order chi connectivity index (χ0) is 13.8. The second kappa shape index (κ2) is 5.73. The molecule has 1 aromatic carbocycles. The van der Waals surface area contributed by atoms with Gasteiger partial charge in [-0.1, -0.05) is 0 Å². The van der Waals surface area contributed by atoms with Gasteiger partial charge in [0.05, 0.1) is 13.7 Å². The molecule has 1 heterocycles. The summed E-state index contributed by atoms with van der Waals surface area (Å²) in [5.74, 6) is 0.414. The van der Waals surface area contributed by atoms with Crippen LogP contribution in [0.5, 0.6) is 5.75 Å². The molecule has 2 N–H and O–H groups in total. The summed E-state index contributed by atoms with van der Waals surface area (Å²) in [6.07, 6.45) is 2.43. The van der Waals surface area contributed by atoms with Gasteiger partial charge in [-0.3, -0.25) is 14.5 Å². The van der Waals surface area contributed by atoms with Gasteiger partial charge in [-0.2, -0.15) is 0 Å². The quantitative estimate of drug-likeness (QED) is 0.664. The van der Waals surface area contributed by atoms with Gasteiger partial charge >= 0.3 is 0 Å². The molecule has 2 rings (SSSR count). The zero-order valence-corrected chi connectivity index (χ0v) is 11.0. The molecular weight excluding hydrogens is 244 g/mol. The van der Waals surface area contributed by atoms with Crippen LogP contribution in [-0.2, 0) is 16.1 Å². The van der Waals surface area contributed by atoms with E-state index in [0.29, 0.717) is 24.3 Å². The highest BCUT2D eigenvalue weighted by molar-refractivity contribution is 5.95. The third-order valence-corrected chi connectivity index (χ3v) is 3.20. The summed E-state index contributed by atoms with van der Waals surface area (Å²) in [4.78, 5) is 25.1. The highest BCUT2D eigenvalue weighted by atomic mass is 16.5. The average Bonchev–Trinajstić information content (AvgIpc) is 2.53. The molecule has 0 unspecified atom stereocenters. The zero-order valence-electron chi connectivity index (χ0n) is 11.0. The van der Waals surface area contributed by atoms with Crippen molar-refractivity contribution in [2.45, 2.75) is 32.2 Å². The fraction of sp³-hybridized carbons (Fsp3) is 0.429. The molecule has 0 atom stereocenters. The first-order valence-corrected chi connectivity index (χ1v) is 6.37. The maximum atomic E-state index is 11.9. The van der Waals surface area contributed by atoms with Gasteiger partial charge in [0.1, 0.15) is 5.75 Å². The van der Waals surface area contributed by atoms with Gasteiger partial charge < -0.3 is 10.5 Å². The molecule has 0 aliphatic carbocycles. The molecule has 0 saturated carbocycles. The Balaban J connectivity index is 2.21. The number of imide groups is 1. The first-order valence-electron chi connectivity index (χ1n) is 6.37. The fourth-order valence-corrected chi connectivity index (χ4v) is 2.22. The summed E-state index contributed by atoms with van der Waals surface area (Å²) in [5, 5.41) is 0. The molecule has 0 aromatic heterocycles. The van der Waals surface area contributed by atoms with Gasteiger partial charge in [0.2, 0.25) is 11.8 Å². The minimum Gasteiger partial charge on any atom is -0.497 e. The van der Waals surface area contributed by atoms with Gasteiger partial charge in [-0.05, 0) is 30.5 Å². The molecule has 1 fully saturated rings. The van der Waals surface area contributed by atoms with E-state index in [1.807, 2.05) is 0 Å². The Morgan fingerprint density at radius 1 is 1.16 bits per heavy atom. The first kappa shape index (κ1) is 13.4. The predicted molar refractivity (Wildman–Crippen MR) is 71.4 cm³/mol. The second-order valence-corrected chi connectivity index (χ2v) is 4.70. The largest absolute Gasteiger partial charge is 0.497 e. The number of amides is 2. The van der Waals surface area contributed by atoms with Crippen LogP contribution in [0.15, 0.2) is 18.2 Å². The summed E-state index contributed by atoms with van der Waals surface area (Å²) in [7, 11) is 1.56. The lowest BCUT2D eigenvalue weighted by atomic mass is 10.1. The number of benzene rings is 1. The molecular formula is C14H18N2O3. The molecule has 0 spiro atoms. The van der Waals surface area contributed by atoms with E-state index in [4.69, 9.17) is 10.5 Å². The summed E-state index contributed by atoms with van der Waals surface area (Å²) >= 11 is 0. The molecule has 0 radical (unpaired) electrons. The lowest BCUT2D eigenvalue weighted by Gasteiger charge is -2.19. The number of rotatable bonds is 3. The van der Waals surface area contributed by atoms with E-state index in [9.17, 15) is 9.59 Å². The van der Waals surface area contributed by atoms with Crippen molar-refractivity contribution >= 4 is 17.5 Å². The SMILES string of the molecule is COc1cc(N)cc(CN2C(=O)CCCCC2=O)c1. The Kier molecular flexibility index (Phi) is 4.04. The third-order valence-electron chi connectivity index (χ3n) is 3.20. The molecule has 5 heteroatoms. The Bertz CT molecular complexity index is 481. The van der Waals surface area contributed by atoms with Gasteiger partial charge in [-0.25, -0.2) is 0 Å². The van der Waals surface area contributed by atoms with Crippen molar-refractivity contribution in [3.05, 3.63) is 23.8 Å². The topological polar surface area (TPSA) is 72.6 Å². The fourth-order valence-electron chi connectivity index (χ4n) is 2.22. The number of ether oxygens (including phenoxy) is 1. The van der Waals surface area contributed by atoms with Crippen molar-refractivity contribution in [2.75, 3.05) is 12.8 Å². The van der Waals surface area contributed by atoms with Crippen LogP contribution in [0.4, 0.5) is 5.69 Å². The summed E-state index contributed by atoms with van der Waals surface area (Å²) in [6, 6.07) is 5.26. The Hall–Kier alpha value is -2.04. The molecule has 1 aromatic rings. The molecule has 1 aliphatic heterocycles. The van der Waals surface area contributed by atoms with Crippen LogP contribution in [0.2, 0.25) is 0 Å². The van der Waals surface area contributed by atoms with Gasteiger partial charge in [0, 0.05) is 24.6 Å². The van der Waals surface area contributed by atoms with E-state index in [1.165, 1.54) is 4.90 Å². The van der Waals surface area contributed by atoms with Crippen LogP contribution in [0.3, 0.4) is 0 Å². The van der Waals surface area contributed by atoms with Crippen molar-refractivity contribution in [1.29, 1.82) is 0 Å². The van der Waals surface area contributed by atoms with E-state index in [2.05, 4.69) is 0 Å². The third kappa shape index (κ3) is 3.24. The van der Waals surface area contributed by atoms with Gasteiger partial charge in [-0.15, -0.1) is 0 Å². The molecule has 1 saturated heterocycles. The minimum atomic E-state index is -0.108. The summed E-state index contributed by atoms with van der Waals surface area (Å²) < 4.78 is 5.13. The highest BCUT2D eigenvalue weighted by Crippen LogP contribution is 2.21. The lowest BCUT2D eigenvalue weighted by molar-refractivity contribution is -0.144. The van der Waals surface area contributed by atoms with Crippen molar-refractivity contribution in [3.8, 4) is 5.75 Å². The summed E-state index contributed by atoms with van der Waals surface area (Å²) in [6.45, 7) is 0.263. The smallest absolute Gasteiger partial charge is 0.229 e. The van der Waals surface area contributed by atoms with E-state index in [0.717, 1.165) is 18.4 Å². The van der Waals surface area contributed by atoms with Crippen LogP contribution >= 0.6 is 0 Å². The number of anilines is 1. The number of carbonyl (C=O) groups excluding carboxylic acids is 2. The van der Waals surface area contributed by atoms with E-state index in [-0.39, 0.29) is 18.4 Å². The van der Waals surface area contributed by atoms with Crippen molar-refractivity contribution in [2.24, 2.45) is 0 Å². The van der Waals surface area contributed by atoms with E-state index < -0.39 is 0 Å². The number of hydrogen-bond donors (Lipinski definition) is 1. The number of carbonyl (C=O) groups is 2. The number of nitrogen functional groups attached to an aromatic ring is 1. The Labute approximate surface area is 112 Å². The van der Waals surface area contributed by atoms with Crippen LogP contribution in [0.1, 0.15) is 31.2 Å². The maximum absolute atomic E-state index is 11.9. The van der Waals surface area contributed by atoms with E-state index >= 15 is 0 Å². The average molecular weight is 262 g/mol. The van der Waals surface area contributed by atoms with Crippen LogP contribution in [-0.4, -0.2) is 23.8 Å². The van der Waals surface area contributed by atoms with E-state index in [1.54, 1.807) is 25.3 Å². The number of nitrogens with zero attached hydrogens (tertiary/aromatic N) is 1. The highest BCUT2D eigenvalue weighted by Gasteiger charge is 2.24. The van der Waals surface area contributed by atoms with Crippen LogP contribution < -0.4 is 10.5 Å². The Morgan fingerprint density at radius 3 is 2.37 bits per heavy atom. The first-order chi connectivity index (χ1) is 9.10. The number of likely N-dealkylation sites (tertiary alicyclic amines) is 1. The Morgan fingerprint density at radius 2 is 1.79 bits per heavy atom. The molecule has 2 amide bonds. The molecule has 0 bridgehead atoms. The number of methoxy groups -OCH3 is 1. The number of nitrogens with two attached hydrogens (primary N) is 1. The lowest BCUT2D eigenvalue weighted by Crippen LogP contribution is -2.34. The van der Waals surface area contributed by atoms with Crippen molar-refractivity contribution in [3.63, 3.8) is 0 Å². The number of hydrogen-bond acceptors (Lipinski definition) is 4. The van der Waals surface area contributed by atoms with Gasteiger partial charge in [0.25, 0.3) is 0 Å². The van der Waals surface area contributed by atoms with Crippen LogP contribution in [0, 0.1) is 0 Å².